The standard InChI is InChI=1S/C30H45N5O4Si2/c1-20-17-24-25(41(8,9)16-15-40(24,6)7)19-21(20)18-22-11-12-23(39-22)27(36)32-26-28(37-4)33-30(34-29(26)38-5)31-13-10-14-35(2)3/h11-12,17,19H,10,13-16,18H2,1-9H3,(H,32,36)(H,31,33,34). The van der Waals surface area contributed by atoms with E-state index in [-0.39, 0.29) is 23.2 Å². The number of carbonyl (C=O) groups is 1. The molecule has 1 aromatic carbocycles. The molecule has 0 saturated heterocycles. The second kappa shape index (κ2) is 12.4. The highest BCUT2D eigenvalue weighted by atomic mass is 28.3. The van der Waals surface area contributed by atoms with Crippen molar-refractivity contribution in [2.75, 3.05) is 52.0 Å². The second-order valence-electron chi connectivity index (χ2n) is 12.5. The van der Waals surface area contributed by atoms with E-state index in [4.69, 9.17) is 13.9 Å². The predicted octanol–water partition coefficient (Wildman–Crippen LogP) is 4.45. The third-order valence-corrected chi connectivity index (χ3v) is 15.6. The van der Waals surface area contributed by atoms with Crippen LogP contribution in [0.1, 0.15) is 33.9 Å². The van der Waals surface area contributed by atoms with Gasteiger partial charge in [0.15, 0.2) is 11.4 Å². The fourth-order valence-corrected chi connectivity index (χ4v) is 15.8. The van der Waals surface area contributed by atoms with Crippen LogP contribution in [0.25, 0.3) is 0 Å². The van der Waals surface area contributed by atoms with Gasteiger partial charge in [0, 0.05) is 13.0 Å². The summed E-state index contributed by atoms with van der Waals surface area (Å²) in [6, 6.07) is 11.2. The summed E-state index contributed by atoms with van der Waals surface area (Å²) in [6.07, 6.45) is 1.56. The summed E-state index contributed by atoms with van der Waals surface area (Å²) in [7, 11) is 4.17. The highest BCUT2D eigenvalue weighted by Crippen LogP contribution is 2.33. The number of methoxy groups -OCH3 is 2. The number of carbonyl (C=O) groups excluding carboxylic acids is 1. The first kappa shape index (κ1) is 30.8. The Labute approximate surface area is 246 Å². The van der Waals surface area contributed by atoms with Crippen LogP contribution in [0.2, 0.25) is 38.3 Å². The minimum absolute atomic E-state index is 0.203. The zero-order valence-corrected chi connectivity index (χ0v) is 28.0. The first-order valence-corrected chi connectivity index (χ1v) is 20.7. The second-order valence-corrected chi connectivity index (χ2v) is 22.1. The quantitative estimate of drug-likeness (QED) is 0.248. The van der Waals surface area contributed by atoms with Gasteiger partial charge in [0.1, 0.15) is 5.76 Å². The van der Waals surface area contributed by atoms with Gasteiger partial charge in [0.25, 0.3) is 5.91 Å². The summed E-state index contributed by atoms with van der Waals surface area (Å²) in [4.78, 5) is 24.1. The number of fused-ring (bicyclic) bond motifs is 1. The molecule has 1 amide bonds. The van der Waals surface area contributed by atoms with Crippen molar-refractivity contribution in [1.82, 2.24) is 14.9 Å². The van der Waals surface area contributed by atoms with Gasteiger partial charge in [0.05, 0.1) is 30.4 Å². The molecule has 0 atom stereocenters. The third kappa shape index (κ3) is 7.02. The topological polar surface area (TPSA) is 102 Å². The van der Waals surface area contributed by atoms with E-state index in [0.29, 0.717) is 18.9 Å². The summed E-state index contributed by atoms with van der Waals surface area (Å²) < 4.78 is 17.0. The molecule has 0 aliphatic carbocycles. The first-order chi connectivity index (χ1) is 19.3. The van der Waals surface area contributed by atoms with Crippen molar-refractivity contribution in [3.8, 4) is 11.8 Å². The first-order valence-electron chi connectivity index (χ1n) is 14.3. The number of hydrogen-bond donors (Lipinski definition) is 2. The van der Waals surface area contributed by atoms with Gasteiger partial charge >= 0.3 is 0 Å². The van der Waals surface area contributed by atoms with E-state index >= 15 is 0 Å². The molecule has 3 heterocycles. The fraction of sp³-hybridized carbons (Fsp3) is 0.500. The molecular weight excluding hydrogens is 551 g/mol. The molecule has 0 radical (unpaired) electrons. The van der Waals surface area contributed by atoms with E-state index in [1.807, 2.05) is 20.2 Å². The fourth-order valence-electron chi connectivity index (χ4n) is 5.41. The van der Waals surface area contributed by atoms with Crippen molar-refractivity contribution >= 4 is 44.1 Å². The van der Waals surface area contributed by atoms with Crippen molar-refractivity contribution in [2.24, 2.45) is 0 Å². The van der Waals surface area contributed by atoms with Crippen LogP contribution in [0.4, 0.5) is 11.6 Å². The van der Waals surface area contributed by atoms with Crippen LogP contribution in [0.5, 0.6) is 11.8 Å². The van der Waals surface area contributed by atoms with E-state index < -0.39 is 22.1 Å². The van der Waals surface area contributed by atoms with Crippen LogP contribution in [-0.4, -0.2) is 78.3 Å². The summed E-state index contributed by atoms with van der Waals surface area (Å²) in [5, 5.41) is 9.26. The summed E-state index contributed by atoms with van der Waals surface area (Å²) in [5.41, 5.74) is 2.81. The van der Waals surface area contributed by atoms with E-state index in [1.165, 1.54) is 37.4 Å². The van der Waals surface area contributed by atoms with Crippen molar-refractivity contribution in [3.05, 3.63) is 46.9 Å². The maximum Gasteiger partial charge on any atom is 0.291 e. The van der Waals surface area contributed by atoms with E-state index in [1.54, 1.807) is 16.4 Å². The molecule has 1 aliphatic rings. The highest BCUT2D eigenvalue weighted by molar-refractivity contribution is 7.03. The smallest absolute Gasteiger partial charge is 0.291 e. The Bertz CT molecular complexity index is 1380. The summed E-state index contributed by atoms with van der Waals surface area (Å²) in [5.74, 6) is 1.30. The lowest BCUT2D eigenvalue weighted by atomic mass is 10.0. The molecule has 41 heavy (non-hydrogen) atoms. The molecule has 4 rings (SSSR count). The van der Waals surface area contributed by atoms with Crippen molar-refractivity contribution in [1.29, 1.82) is 0 Å². The molecule has 9 nitrogen and oxygen atoms in total. The van der Waals surface area contributed by atoms with E-state index in [9.17, 15) is 4.79 Å². The van der Waals surface area contributed by atoms with E-state index in [2.05, 4.69) is 70.7 Å². The van der Waals surface area contributed by atoms with Crippen molar-refractivity contribution in [2.45, 2.75) is 58.0 Å². The van der Waals surface area contributed by atoms with Gasteiger partial charge in [0.2, 0.25) is 17.7 Å². The number of nitrogens with zero attached hydrogens (tertiary/aromatic N) is 3. The predicted molar refractivity (Wildman–Crippen MR) is 171 cm³/mol. The van der Waals surface area contributed by atoms with Crippen molar-refractivity contribution < 1.29 is 18.7 Å². The maximum absolute atomic E-state index is 13.2. The minimum Gasteiger partial charge on any atom is -0.479 e. The minimum atomic E-state index is -1.47. The van der Waals surface area contributed by atoms with Gasteiger partial charge in [-0.3, -0.25) is 4.79 Å². The molecule has 0 fully saturated rings. The normalized spacial score (nSPS) is 15.4. The zero-order chi connectivity index (χ0) is 29.9. The van der Waals surface area contributed by atoms with Crippen LogP contribution in [0.15, 0.2) is 28.7 Å². The van der Waals surface area contributed by atoms with Gasteiger partial charge in [-0.15, -0.1) is 0 Å². The maximum atomic E-state index is 13.2. The molecule has 222 valence electrons. The Morgan fingerprint density at radius 2 is 1.61 bits per heavy atom. The molecule has 0 bridgehead atoms. The third-order valence-electron chi connectivity index (χ3n) is 8.09. The molecule has 2 N–H and O–H groups in total. The Balaban J connectivity index is 1.51. The lowest BCUT2D eigenvalue weighted by molar-refractivity contribution is 0.0994. The van der Waals surface area contributed by atoms with Gasteiger partial charge in [-0.05, 0) is 57.2 Å². The lowest BCUT2D eigenvalue weighted by Crippen LogP contribution is -2.63. The molecule has 0 unspecified atom stereocenters. The number of amides is 1. The van der Waals surface area contributed by atoms with Crippen LogP contribution in [0.3, 0.4) is 0 Å². The Morgan fingerprint density at radius 1 is 1.00 bits per heavy atom. The molecular formula is C30H45N5O4Si2. The number of furan rings is 1. The van der Waals surface area contributed by atoms with Gasteiger partial charge < -0.3 is 29.4 Å². The average molecular weight is 596 g/mol. The van der Waals surface area contributed by atoms with Crippen LogP contribution in [-0.2, 0) is 6.42 Å². The number of aromatic nitrogens is 2. The number of anilines is 2. The lowest BCUT2D eigenvalue weighted by Gasteiger charge is -2.40. The SMILES string of the molecule is COc1nc(NCCCN(C)C)nc(OC)c1NC(=O)c1ccc(Cc2cc3c(cc2C)[Si](C)(C)CC[Si]3(C)C)o1. The van der Waals surface area contributed by atoms with Gasteiger partial charge in [-0.1, -0.05) is 60.8 Å². The molecule has 0 spiro atoms. The van der Waals surface area contributed by atoms with Crippen LogP contribution >= 0.6 is 0 Å². The summed E-state index contributed by atoms with van der Waals surface area (Å²) in [6.45, 7) is 13.8. The Morgan fingerprint density at radius 3 is 2.20 bits per heavy atom. The van der Waals surface area contributed by atoms with Crippen LogP contribution in [0, 0.1) is 6.92 Å². The number of rotatable bonds is 11. The number of ether oxygens (including phenoxy) is 2. The molecule has 11 heteroatoms. The molecule has 0 saturated carbocycles. The van der Waals surface area contributed by atoms with E-state index in [0.717, 1.165) is 18.7 Å². The number of hydrogen-bond acceptors (Lipinski definition) is 8. The van der Waals surface area contributed by atoms with Crippen LogP contribution < -0.4 is 30.5 Å². The number of aryl methyl sites for hydroxylation is 1. The highest BCUT2D eigenvalue weighted by Gasteiger charge is 2.39. The molecule has 3 aromatic rings. The van der Waals surface area contributed by atoms with Crippen molar-refractivity contribution in [3.63, 3.8) is 0 Å². The Hall–Kier alpha value is -3.16. The molecule has 2 aromatic heterocycles. The number of benzene rings is 1. The Kier molecular flexibility index (Phi) is 9.30. The molecule has 1 aliphatic heterocycles. The van der Waals surface area contributed by atoms with Gasteiger partial charge in [-0.25, -0.2) is 0 Å². The van der Waals surface area contributed by atoms with Gasteiger partial charge in [-0.2, -0.15) is 9.97 Å². The monoisotopic (exact) mass is 595 g/mol. The zero-order valence-electron chi connectivity index (χ0n) is 26.0. The number of nitrogens with one attached hydrogen (secondary N) is 2. The largest absolute Gasteiger partial charge is 0.479 e. The average Bonchev–Trinajstić information content (AvgIpc) is 3.39. The summed E-state index contributed by atoms with van der Waals surface area (Å²) >= 11 is 0.